The molecule has 0 saturated carbocycles. The van der Waals surface area contributed by atoms with E-state index in [1.807, 2.05) is 42.2 Å². The molecule has 0 aliphatic carbocycles. The fourth-order valence-electron chi connectivity index (χ4n) is 3.48. The molecule has 1 aromatic heterocycles. The Kier molecular flexibility index (Phi) is 5.86. The number of nitrogens with one attached hydrogen (secondary N) is 1. The van der Waals surface area contributed by atoms with E-state index in [1.165, 1.54) is 0 Å². The second kappa shape index (κ2) is 8.30. The minimum Gasteiger partial charge on any atom is -0.356 e. The summed E-state index contributed by atoms with van der Waals surface area (Å²) in [6.07, 6.45) is 3.54. The summed E-state index contributed by atoms with van der Waals surface area (Å²) in [6, 6.07) is 9.77. The molecule has 2 amide bonds. The monoisotopic (exact) mass is 353 g/mol. The molecule has 2 heterocycles. The molecular formula is C21H27N3O2. The van der Waals surface area contributed by atoms with Crippen LogP contribution in [0, 0.1) is 12.8 Å². The number of hydrogen-bond donors (Lipinski definition) is 1. The smallest absolute Gasteiger partial charge is 0.255 e. The Morgan fingerprint density at radius 2 is 1.96 bits per heavy atom. The predicted octanol–water partition coefficient (Wildman–Crippen LogP) is 3.31. The molecule has 1 aliphatic heterocycles. The van der Waals surface area contributed by atoms with E-state index in [0.717, 1.165) is 48.8 Å². The van der Waals surface area contributed by atoms with Gasteiger partial charge in [0.05, 0.1) is 16.8 Å². The van der Waals surface area contributed by atoms with Crippen LogP contribution in [-0.2, 0) is 4.79 Å². The van der Waals surface area contributed by atoms with Crippen molar-refractivity contribution in [3.63, 3.8) is 0 Å². The van der Waals surface area contributed by atoms with Gasteiger partial charge in [0.2, 0.25) is 5.91 Å². The van der Waals surface area contributed by atoms with Crippen LogP contribution in [0.2, 0.25) is 0 Å². The average molecular weight is 353 g/mol. The Morgan fingerprint density at radius 3 is 2.69 bits per heavy atom. The molecule has 1 saturated heterocycles. The summed E-state index contributed by atoms with van der Waals surface area (Å²) in [5, 5.41) is 3.98. The van der Waals surface area contributed by atoms with Crippen molar-refractivity contribution in [3.8, 4) is 0 Å². The molecule has 138 valence electrons. The highest BCUT2D eigenvalue weighted by Crippen LogP contribution is 2.22. The van der Waals surface area contributed by atoms with E-state index in [4.69, 9.17) is 0 Å². The number of pyridine rings is 1. The molecule has 5 heteroatoms. The Bertz CT molecular complexity index is 795. The highest BCUT2D eigenvalue weighted by Gasteiger charge is 2.28. The minimum absolute atomic E-state index is 0.0191. The third-order valence-electron chi connectivity index (χ3n) is 5.13. The number of para-hydroxylation sites is 1. The van der Waals surface area contributed by atoms with Gasteiger partial charge in [-0.1, -0.05) is 31.5 Å². The lowest BCUT2D eigenvalue weighted by molar-refractivity contribution is -0.126. The number of unbranched alkanes of at least 4 members (excludes halogenated alkanes) is 1. The van der Waals surface area contributed by atoms with Crippen molar-refractivity contribution in [2.24, 2.45) is 5.92 Å². The van der Waals surface area contributed by atoms with E-state index in [1.54, 1.807) is 0 Å². The Labute approximate surface area is 154 Å². The third-order valence-corrected chi connectivity index (χ3v) is 5.13. The number of benzene rings is 1. The van der Waals surface area contributed by atoms with E-state index in [2.05, 4.69) is 17.2 Å². The predicted molar refractivity (Wildman–Crippen MR) is 103 cm³/mol. The summed E-state index contributed by atoms with van der Waals surface area (Å²) in [4.78, 5) is 31.6. The Balaban J connectivity index is 1.63. The number of aromatic nitrogens is 1. The first-order valence-corrected chi connectivity index (χ1v) is 9.53. The van der Waals surface area contributed by atoms with E-state index in [-0.39, 0.29) is 17.7 Å². The molecule has 0 unspecified atom stereocenters. The number of amides is 2. The van der Waals surface area contributed by atoms with E-state index in [0.29, 0.717) is 18.7 Å². The van der Waals surface area contributed by atoms with Gasteiger partial charge in [0.1, 0.15) is 0 Å². The molecule has 0 bridgehead atoms. The van der Waals surface area contributed by atoms with Crippen molar-refractivity contribution in [1.82, 2.24) is 15.2 Å². The number of carbonyl (C=O) groups excluding carboxylic acids is 2. The van der Waals surface area contributed by atoms with Gasteiger partial charge in [-0.15, -0.1) is 0 Å². The van der Waals surface area contributed by atoms with Crippen LogP contribution in [0.4, 0.5) is 0 Å². The second-order valence-corrected chi connectivity index (χ2v) is 7.03. The zero-order valence-electron chi connectivity index (χ0n) is 15.6. The van der Waals surface area contributed by atoms with Gasteiger partial charge < -0.3 is 10.2 Å². The fourth-order valence-corrected chi connectivity index (χ4v) is 3.48. The first-order chi connectivity index (χ1) is 12.6. The summed E-state index contributed by atoms with van der Waals surface area (Å²) in [6.45, 7) is 5.98. The highest BCUT2D eigenvalue weighted by molar-refractivity contribution is 5.98. The van der Waals surface area contributed by atoms with Crippen LogP contribution in [0.5, 0.6) is 0 Å². The quantitative estimate of drug-likeness (QED) is 0.839. The van der Waals surface area contributed by atoms with Gasteiger partial charge in [-0.25, -0.2) is 0 Å². The van der Waals surface area contributed by atoms with Gasteiger partial charge in [-0.05, 0) is 38.3 Å². The maximum atomic E-state index is 12.9. The molecule has 26 heavy (non-hydrogen) atoms. The Hall–Kier alpha value is -2.43. The van der Waals surface area contributed by atoms with Crippen molar-refractivity contribution in [1.29, 1.82) is 0 Å². The molecule has 3 rings (SSSR count). The summed E-state index contributed by atoms with van der Waals surface area (Å²) >= 11 is 0. The van der Waals surface area contributed by atoms with Crippen LogP contribution in [-0.4, -0.2) is 41.3 Å². The molecule has 1 N–H and O–H groups in total. The largest absolute Gasteiger partial charge is 0.356 e. The lowest BCUT2D eigenvalue weighted by Crippen LogP contribution is -2.43. The van der Waals surface area contributed by atoms with Gasteiger partial charge in [-0.3, -0.25) is 14.6 Å². The van der Waals surface area contributed by atoms with Crippen molar-refractivity contribution in [3.05, 3.63) is 41.6 Å². The van der Waals surface area contributed by atoms with Crippen molar-refractivity contribution in [2.45, 2.75) is 39.5 Å². The lowest BCUT2D eigenvalue weighted by Gasteiger charge is -2.31. The first-order valence-electron chi connectivity index (χ1n) is 9.53. The van der Waals surface area contributed by atoms with Crippen LogP contribution in [0.25, 0.3) is 10.9 Å². The van der Waals surface area contributed by atoms with Crippen LogP contribution in [0.15, 0.2) is 30.3 Å². The lowest BCUT2D eigenvalue weighted by atomic mass is 9.95. The molecule has 1 fully saturated rings. The number of piperidine rings is 1. The first kappa shape index (κ1) is 18.4. The van der Waals surface area contributed by atoms with Gasteiger partial charge in [-0.2, -0.15) is 0 Å². The van der Waals surface area contributed by atoms with Gasteiger partial charge in [0, 0.05) is 30.9 Å². The molecule has 0 atom stereocenters. The summed E-state index contributed by atoms with van der Waals surface area (Å²) < 4.78 is 0. The van der Waals surface area contributed by atoms with Crippen LogP contribution in [0.3, 0.4) is 0 Å². The van der Waals surface area contributed by atoms with E-state index < -0.39 is 0 Å². The SMILES string of the molecule is CCCCNC(=O)C1CCN(C(=O)c2cc3ccccc3nc2C)CC1. The molecule has 0 spiro atoms. The summed E-state index contributed by atoms with van der Waals surface area (Å²) in [5.74, 6) is 0.173. The maximum absolute atomic E-state index is 12.9. The number of aryl methyl sites for hydroxylation is 1. The highest BCUT2D eigenvalue weighted by atomic mass is 16.2. The van der Waals surface area contributed by atoms with Crippen molar-refractivity contribution < 1.29 is 9.59 Å². The second-order valence-electron chi connectivity index (χ2n) is 7.03. The van der Waals surface area contributed by atoms with E-state index >= 15 is 0 Å². The van der Waals surface area contributed by atoms with Gasteiger partial charge in [0.15, 0.2) is 0 Å². The fraction of sp³-hybridized carbons (Fsp3) is 0.476. The van der Waals surface area contributed by atoms with Crippen LogP contribution in [0.1, 0.15) is 48.7 Å². The topological polar surface area (TPSA) is 62.3 Å². The molecule has 2 aromatic rings. The number of nitrogens with zero attached hydrogens (tertiary/aromatic N) is 2. The number of hydrogen-bond acceptors (Lipinski definition) is 3. The normalized spacial score (nSPS) is 15.2. The Morgan fingerprint density at radius 1 is 1.23 bits per heavy atom. The van der Waals surface area contributed by atoms with E-state index in [9.17, 15) is 9.59 Å². The minimum atomic E-state index is 0.0191. The standard InChI is InChI=1S/C21H27N3O2/c1-3-4-11-22-20(25)16-9-12-24(13-10-16)21(26)18-14-17-7-5-6-8-19(17)23-15(18)2/h5-8,14,16H,3-4,9-13H2,1-2H3,(H,22,25). The van der Waals surface area contributed by atoms with Crippen LogP contribution < -0.4 is 5.32 Å². The third kappa shape index (κ3) is 4.03. The van der Waals surface area contributed by atoms with Crippen molar-refractivity contribution >= 4 is 22.7 Å². The number of fused-ring (bicyclic) bond motifs is 1. The van der Waals surface area contributed by atoms with Crippen LogP contribution >= 0.6 is 0 Å². The molecule has 1 aliphatic rings. The van der Waals surface area contributed by atoms with Gasteiger partial charge >= 0.3 is 0 Å². The zero-order valence-corrected chi connectivity index (χ0v) is 15.6. The zero-order chi connectivity index (χ0) is 18.5. The average Bonchev–Trinajstić information content (AvgIpc) is 2.67. The number of carbonyl (C=O) groups is 2. The molecule has 1 aromatic carbocycles. The summed E-state index contributed by atoms with van der Waals surface area (Å²) in [5.41, 5.74) is 2.33. The molecular weight excluding hydrogens is 326 g/mol. The van der Waals surface area contributed by atoms with Crippen molar-refractivity contribution in [2.75, 3.05) is 19.6 Å². The number of likely N-dealkylation sites (tertiary alicyclic amines) is 1. The molecule has 5 nitrogen and oxygen atoms in total. The number of rotatable bonds is 5. The molecule has 0 radical (unpaired) electrons. The maximum Gasteiger partial charge on any atom is 0.255 e. The van der Waals surface area contributed by atoms with Gasteiger partial charge in [0.25, 0.3) is 5.91 Å². The summed E-state index contributed by atoms with van der Waals surface area (Å²) in [7, 11) is 0.